The summed E-state index contributed by atoms with van der Waals surface area (Å²) in [6.07, 6.45) is 3.86. The Labute approximate surface area is 179 Å². The summed E-state index contributed by atoms with van der Waals surface area (Å²) in [6, 6.07) is 5.86. The number of hydrogen-bond acceptors (Lipinski definition) is 4. The van der Waals surface area contributed by atoms with Crippen LogP contribution in [0, 0.1) is 5.82 Å². The van der Waals surface area contributed by atoms with Crippen molar-refractivity contribution in [2.24, 2.45) is 0 Å². The van der Waals surface area contributed by atoms with Crippen LogP contribution in [0.25, 0.3) is 0 Å². The van der Waals surface area contributed by atoms with E-state index in [0.29, 0.717) is 6.54 Å². The van der Waals surface area contributed by atoms with E-state index >= 15 is 0 Å². The second-order valence-electron chi connectivity index (χ2n) is 8.31. The fourth-order valence-electron chi connectivity index (χ4n) is 4.02. The molecule has 2 aliphatic rings. The van der Waals surface area contributed by atoms with E-state index in [4.69, 9.17) is 0 Å². The zero-order chi connectivity index (χ0) is 22.2. The largest absolute Gasteiger partial charge is 0.351 e. The first-order valence-corrected chi connectivity index (χ1v) is 10.5. The maximum atomic E-state index is 13.5. The Hall–Kier alpha value is -3.23. The first-order valence-electron chi connectivity index (χ1n) is 10.5. The molecule has 164 valence electrons. The number of nitrogens with zero attached hydrogens (tertiary/aromatic N) is 3. The number of imidazole rings is 1. The summed E-state index contributed by atoms with van der Waals surface area (Å²) >= 11 is 0. The Balaban J connectivity index is 1.59. The average molecular weight is 427 g/mol. The quantitative estimate of drug-likeness (QED) is 0.705. The Morgan fingerprint density at radius 1 is 1.23 bits per heavy atom. The average Bonchev–Trinajstić information content (AvgIpc) is 3.49. The first-order chi connectivity index (χ1) is 14.8. The molecule has 1 aliphatic carbocycles. The summed E-state index contributed by atoms with van der Waals surface area (Å²) in [6.45, 7) is 4.60. The monoisotopic (exact) mass is 427 g/mol. The third-order valence-corrected chi connectivity index (χ3v) is 5.79. The van der Waals surface area contributed by atoms with E-state index in [1.807, 2.05) is 6.92 Å². The molecule has 3 amide bonds. The first kappa shape index (κ1) is 21.0. The maximum Gasteiger partial charge on any atom is 0.274 e. The van der Waals surface area contributed by atoms with Crippen molar-refractivity contribution < 1.29 is 18.8 Å². The molecular weight excluding hydrogens is 401 g/mol. The highest BCUT2D eigenvalue weighted by molar-refractivity contribution is 6.07. The van der Waals surface area contributed by atoms with E-state index in [1.165, 1.54) is 18.5 Å². The molecule has 0 saturated heterocycles. The van der Waals surface area contributed by atoms with Gasteiger partial charge in [-0.3, -0.25) is 14.4 Å². The minimum Gasteiger partial charge on any atom is -0.351 e. The number of halogens is 1. The summed E-state index contributed by atoms with van der Waals surface area (Å²) in [7, 11) is 0. The molecule has 1 aliphatic heterocycles. The molecule has 8 nitrogen and oxygen atoms in total. The lowest BCUT2D eigenvalue weighted by molar-refractivity contribution is -0.133. The van der Waals surface area contributed by atoms with Crippen LogP contribution in [0.4, 0.5) is 4.39 Å². The molecule has 1 aromatic carbocycles. The number of benzene rings is 1. The second kappa shape index (κ2) is 8.13. The highest BCUT2D eigenvalue weighted by Crippen LogP contribution is 2.38. The predicted molar refractivity (Wildman–Crippen MR) is 111 cm³/mol. The van der Waals surface area contributed by atoms with Gasteiger partial charge in [-0.05, 0) is 43.9 Å². The zero-order valence-electron chi connectivity index (χ0n) is 17.7. The van der Waals surface area contributed by atoms with E-state index in [-0.39, 0.29) is 54.1 Å². The minimum atomic E-state index is -1.12. The highest BCUT2D eigenvalue weighted by Gasteiger charge is 2.53. The topological polar surface area (TPSA) is 96.3 Å². The Morgan fingerprint density at radius 2 is 1.94 bits per heavy atom. The van der Waals surface area contributed by atoms with Crippen molar-refractivity contribution in [3.63, 3.8) is 0 Å². The third kappa shape index (κ3) is 3.92. The van der Waals surface area contributed by atoms with Crippen molar-refractivity contribution in [1.29, 1.82) is 0 Å². The van der Waals surface area contributed by atoms with Gasteiger partial charge in [-0.15, -0.1) is 0 Å². The van der Waals surface area contributed by atoms with Crippen LogP contribution in [0.1, 0.15) is 59.7 Å². The standard InChI is InChI=1S/C22H26FN5O3/c1-3-10-24-19(29)17-18-20(30)28(16-8-9-16)22(2,12-27(18)13-26-17)21(31)25-11-14-4-6-15(23)7-5-14/h4-7,13,16H,3,8-12H2,1-2H3,(H,24,29)(H,25,31)/t22-/m1/s1. The van der Waals surface area contributed by atoms with Crippen molar-refractivity contribution in [3.8, 4) is 0 Å². The van der Waals surface area contributed by atoms with Crippen LogP contribution < -0.4 is 10.6 Å². The van der Waals surface area contributed by atoms with Crippen molar-refractivity contribution in [2.45, 2.75) is 57.8 Å². The van der Waals surface area contributed by atoms with Crippen LogP contribution in [-0.4, -0.2) is 50.3 Å². The fraction of sp³-hybridized carbons (Fsp3) is 0.455. The van der Waals surface area contributed by atoms with E-state index in [1.54, 1.807) is 28.5 Å². The lowest BCUT2D eigenvalue weighted by Gasteiger charge is -2.44. The summed E-state index contributed by atoms with van der Waals surface area (Å²) < 4.78 is 14.7. The van der Waals surface area contributed by atoms with Crippen LogP contribution in [0.2, 0.25) is 0 Å². The Kier molecular flexibility index (Phi) is 5.51. The van der Waals surface area contributed by atoms with E-state index in [9.17, 15) is 18.8 Å². The van der Waals surface area contributed by atoms with Gasteiger partial charge in [-0.2, -0.15) is 0 Å². The molecule has 0 radical (unpaired) electrons. The predicted octanol–water partition coefficient (Wildman–Crippen LogP) is 1.86. The summed E-state index contributed by atoms with van der Waals surface area (Å²) in [5.41, 5.74) is -0.0396. The molecule has 4 rings (SSSR count). The maximum absolute atomic E-state index is 13.5. The van der Waals surface area contributed by atoms with Crippen molar-refractivity contribution >= 4 is 17.7 Å². The molecular formula is C22H26FN5O3. The Bertz CT molecular complexity index is 1010. The number of rotatable bonds is 7. The SMILES string of the molecule is CCCNC(=O)c1ncn2c1C(=O)N(C1CC1)[C@@](C)(C(=O)NCc1ccc(F)cc1)C2. The van der Waals surface area contributed by atoms with Crippen LogP contribution in [0.3, 0.4) is 0 Å². The van der Waals surface area contributed by atoms with Gasteiger partial charge in [-0.25, -0.2) is 9.37 Å². The number of amides is 3. The highest BCUT2D eigenvalue weighted by atomic mass is 19.1. The molecule has 1 atom stereocenters. The third-order valence-electron chi connectivity index (χ3n) is 5.79. The van der Waals surface area contributed by atoms with Gasteiger partial charge in [-0.1, -0.05) is 19.1 Å². The normalized spacial score (nSPS) is 20.4. The van der Waals surface area contributed by atoms with Gasteiger partial charge in [0.2, 0.25) is 5.91 Å². The summed E-state index contributed by atoms with van der Waals surface area (Å²) in [5, 5.41) is 5.64. The molecule has 0 unspecified atom stereocenters. The van der Waals surface area contributed by atoms with E-state index in [2.05, 4.69) is 15.6 Å². The summed E-state index contributed by atoms with van der Waals surface area (Å²) in [5.74, 6) is -1.38. The molecule has 0 bridgehead atoms. The second-order valence-corrected chi connectivity index (χ2v) is 8.31. The van der Waals surface area contributed by atoms with Crippen LogP contribution in [-0.2, 0) is 17.9 Å². The smallest absolute Gasteiger partial charge is 0.274 e. The van der Waals surface area contributed by atoms with Crippen LogP contribution >= 0.6 is 0 Å². The molecule has 1 fully saturated rings. The van der Waals surface area contributed by atoms with Gasteiger partial charge < -0.3 is 20.1 Å². The van der Waals surface area contributed by atoms with Gasteiger partial charge in [0.15, 0.2) is 5.69 Å². The molecule has 2 aromatic rings. The van der Waals surface area contributed by atoms with Crippen LogP contribution in [0.15, 0.2) is 30.6 Å². The number of fused-ring (bicyclic) bond motifs is 1. The number of carbonyl (C=O) groups is 3. The lowest BCUT2D eigenvalue weighted by Crippen LogP contribution is -2.64. The summed E-state index contributed by atoms with van der Waals surface area (Å²) in [4.78, 5) is 45.0. The van der Waals surface area contributed by atoms with E-state index < -0.39 is 5.54 Å². The number of carbonyl (C=O) groups excluding carboxylic acids is 3. The molecule has 2 heterocycles. The van der Waals surface area contributed by atoms with Crippen molar-refractivity contribution in [3.05, 3.63) is 53.4 Å². The molecule has 1 aromatic heterocycles. The lowest BCUT2D eigenvalue weighted by atomic mass is 9.93. The minimum absolute atomic E-state index is 0.0377. The fourth-order valence-corrected chi connectivity index (χ4v) is 4.02. The number of aromatic nitrogens is 2. The molecule has 31 heavy (non-hydrogen) atoms. The van der Waals surface area contributed by atoms with Gasteiger partial charge in [0.1, 0.15) is 17.1 Å². The van der Waals surface area contributed by atoms with Crippen LogP contribution in [0.5, 0.6) is 0 Å². The number of nitrogens with one attached hydrogen (secondary N) is 2. The molecule has 2 N–H and O–H groups in total. The van der Waals surface area contributed by atoms with Crippen molar-refractivity contribution in [2.75, 3.05) is 6.54 Å². The molecule has 0 spiro atoms. The van der Waals surface area contributed by atoms with Gasteiger partial charge in [0.05, 0.1) is 12.9 Å². The zero-order valence-corrected chi connectivity index (χ0v) is 17.7. The molecule has 1 saturated carbocycles. The number of hydrogen-bond donors (Lipinski definition) is 2. The van der Waals surface area contributed by atoms with Crippen molar-refractivity contribution in [1.82, 2.24) is 25.1 Å². The molecule has 9 heteroatoms. The van der Waals surface area contributed by atoms with Gasteiger partial charge in [0.25, 0.3) is 11.8 Å². The van der Waals surface area contributed by atoms with Gasteiger partial charge >= 0.3 is 0 Å². The van der Waals surface area contributed by atoms with Gasteiger partial charge in [0, 0.05) is 19.1 Å². The van der Waals surface area contributed by atoms with E-state index in [0.717, 1.165) is 24.8 Å². The Morgan fingerprint density at radius 3 is 2.58 bits per heavy atom.